The zero-order valence-corrected chi connectivity index (χ0v) is 44.3. The van der Waals surface area contributed by atoms with E-state index >= 15 is 8.78 Å². The fourth-order valence-corrected chi connectivity index (χ4v) is 12.4. The lowest BCUT2D eigenvalue weighted by atomic mass is 9.87. The highest BCUT2D eigenvalue weighted by Gasteiger charge is 2.30. The van der Waals surface area contributed by atoms with Crippen LogP contribution in [0.3, 0.4) is 0 Å². The Morgan fingerprint density at radius 3 is 0.921 bits per heavy atom. The van der Waals surface area contributed by atoms with Crippen molar-refractivity contribution < 1.29 is 8.78 Å². The van der Waals surface area contributed by atoms with Crippen molar-refractivity contribution in [2.45, 2.75) is 55.4 Å². The zero-order chi connectivity index (χ0) is 52.5. The minimum Gasteiger partial charge on any atom is -0.307 e. The van der Waals surface area contributed by atoms with E-state index in [0.29, 0.717) is 11.4 Å². The van der Waals surface area contributed by atoms with Crippen molar-refractivity contribution in [2.75, 3.05) is 9.80 Å². The number of benzene rings is 12. The standard InChI is InChI=1S/C72H58F2N2/c1-43-19-15-20-44(2)65(43)53-39-59(67-47(5)23-17-24-48(67)6)71(61(73)41-53)75(55-27-11-9-12-28-55)63-37-33-51-32-36-58-64(38-34-52-31-35-57(63)69(51)70(52)58)76(56-29-13-10-14-30-56)72-60(68-49(7)25-18-26-50(68)8)40-54(42-62(72)74)66-45(3)21-16-22-46(66)4/h9-42H,1-8H3. The third-order valence-electron chi connectivity index (χ3n) is 15.7. The number of hydrogen-bond acceptors (Lipinski definition) is 2. The third-order valence-corrected chi connectivity index (χ3v) is 15.7. The summed E-state index contributed by atoms with van der Waals surface area (Å²) >= 11 is 0. The summed E-state index contributed by atoms with van der Waals surface area (Å²) in [5.41, 5.74) is 20.3. The van der Waals surface area contributed by atoms with E-state index in [0.717, 1.165) is 144 Å². The van der Waals surface area contributed by atoms with Crippen LogP contribution in [-0.4, -0.2) is 0 Å². The molecule has 0 radical (unpaired) electrons. The minimum absolute atomic E-state index is 0.321. The molecule has 0 bridgehead atoms. The number of para-hydroxylation sites is 2. The molecule has 12 aromatic carbocycles. The van der Waals surface area contributed by atoms with Gasteiger partial charge in [0, 0.05) is 33.3 Å². The van der Waals surface area contributed by atoms with E-state index in [9.17, 15) is 0 Å². The van der Waals surface area contributed by atoms with Crippen molar-refractivity contribution in [3.05, 3.63) is 262 Å². The molecule has 0 fully saturated rings. The molecule has 0 amide bonds. The van der Waals surface area contributed by atoms with Gasteiger partial charge in [-0.05, 0) is 215 Å². The van der Waals surface area contributed by atoms with E-state index in [-0.39, 0.29) is 11.6 Å². The molecule has 0 unspecified atom stereocenters. The van der Waals surface area contributed by atoms with E-state index in [1.54, 1.807) is 12.1 Å². The van der Waals surface area contributed by atoms with Crippen LogP contribution in [0.2, 0.25) is 0 Å². The molecule has 0 saturated heterocycles. The molecular formula is C72H58F2N2. The predicted molar refractivity (Wildman–Crippen MR) is 319 cm³/mol. The Bertz CT molecular complexity index is 3880. The predicted octanol–water partition coefficient (Wildman–Crippen LogP) is 20.9. The molecule has 12 aromatic rings. The molecule has 4 heteroatoms. The van der Waals surface area contributed by atoms with Gasteiger partial charge >= 0.3 is 0 Å². The summed E-state index contributed by atoms with van der Waals surface area (Å²) in [7, 11) is 0. The van der Waals surface area contributed by atoms with Gasteiger partial charge in [-0.25, -0.2) is 8.78 Å². The highest BCUT2D eigenvalue weighted by Crippen LogP contribution is 2.53. The Morgan fingerprint density at radius 2 is 0.592 bits per heavy atom. The Morgan fingerprint density at radius 1 is 0.289 bits per heavy atom. The van der Waals surface area contributed by atoms with Crippen LogP contribution in [0.1, 0.15) is 44.5 Å². The first-order valence-electron chi connectivity index (χ1n) is 26.2. The van der Waals surface area contributed by atoms with Crippen molar-refractivity contribution in [1.82, 2.24) is 0 Å². The molecule has 2 nitrogen and oxygen atoms in total. The summed E-state index contributed by atoms with van der Waals surface area (Å²) < 4.78 is 36.4. The normalized spacial score (nSPS) is 11.6. The molecule has 0 N–H and O–H groups in total. The maximum absolute atomic E-state index is 18.2. The Kier molecular flexibility index (Phi) is 12.1. The molecule has 0 atom stereocenters. The van der Waals surface area contributed by atoms with Gasteiger partial charge in [0.1, 0.15) is 11.6 Å². The van der Waals surface area contributed by atoms with E-state index in [1.165, 1.54) is 0 Å². The first-order chi connectivity index (χ1) is 36.9. The molecule has 0 saturated carbocycles. The van der Waals surface area contributed by atoms with Crippen LogP contribution in [0.4, 0.5) is 42.9 Å². The van der Waals surface area contributed by atoms with Crippen molar-refractivity contribution in [2.24, 2.45) is 0 Å². The summed E-state index contributed by atoms with van der Waals surface area (Å²) in [4.78, 5) is 4.25. The molecule has 0 aliphatic carbocycles. The Balaban J connectivity index is 1.14. The first kappa shape index (κ1) is 48.1. The van der Waals surface area contributed by atoms with Crippen LogP contribution in [0.15, 0.2) is 206 Å². The maximum atomic E-state index is 18.2. The van der Waals surface area contributed by atoms with Gasteiger partial charge in [-0.2, -0.15) is 0 Å². The second-order valence-electron chi connectivity index (χ2n) is 20.7. The molecule has 370 valence electrons. The second-order valence-corrected chi connectivity index (χ2v) is 20.7. The fraction of sp³-hybridized carbons (Fsp3) is 0.111. The van der Waals surface area contributed by atoms with Crippen LogP contribution < -0.4 is 9.80 Å². The quantitative estimate of drug-likeness (QED) is 0.126. The number of anilines is 6. The molecule has 76 heavy (non-hydrogen) atoms. The molecule has 0 heterocycles. The van der Waals surface area contributed by atoms with Gasteiger partial charge in [0.2, 0.25) is 0 Å². The van der Waals surface area contributed by atoms with Gasteiger partial charge in [0.25, 0.3) is 0 Å². The summed E-state index contributed by atoms with van der Waals surface area (Å²) in [6, 6.07) is 70.7. The topological polar surface area (TPSA) is 6.48 Å². The maximum Gasteiger partial charge on any atom is 0.148 e. The third kappa shape index (κ3) is 7.99. The summed E-state index contributed by atoms with van der Waals surface area (Å²) in [5.74, 6) is -0.642. The number of nitrogens with zero attached hydrogens (tertiary/aromatic N) is 2. The second kappa shape index (κ2) is 19.1. The van der Waals surface area contributed by atoms with Crippen LogP contribution in [0.5, 0.6) is 0 Å². The Hall–Kier alpha value is -8.86. The number of hydrogen-bond donors (Lipinski definition) is 0. The number of halogens is 2. The van der Waals surface area contributed by atoms with Gasteiger partial charge in [-0.3, -0.25) is 0 Å². The van der Waals surface area contributed by atoms with E-state index in [4.69, 9.17) is 0 Å². The summed E-state index contributed by atoms with van der Waals surface area (Å²) in [6.45, 7) is 16.9. The molecule has 0 aliphatic rings. The average molecular weight is 989 g/mol. The highest BCUT2D eigenvalue weighted by molar-refractivity contribution is 6.28. The minimum atomic E-state index is -0.321. The van der Waals surface area contributed by atoms with Crippen molar-refractivity contribution in [3.63, 3.8) is 0 Å². The van der Waals surface area contributed by atoms with E-state index in [2.05, 4.69) is 223 Å². The van der Waals surface area contributed by atoms with Crippen LogP contribution in [0, 0.1) is 67.0 Å². The molecule has 12 rings (SSSR count). The van der Waals surface area contributed by atoms with Crippen LogP contribution in [0.25, 0.3) is 76.8 Å². The first-order valence-corrected chi connectivity index (χ1v) is 26.2. The van der Waals surface area contributed by atoms with E-state index in [1.807, 2.05) is 36.4 Å². The van der Waals surface area contributed by atoms with Gasteiger partial charge in [0.15, 0.2) is 0 Å². The van der Waals surface area contributed by atoms with Crippen molar-refractivity contribution in [1.29, 1.82) is 0 Å². The zero-order valence-electron chi connectivity index (χ0n) is 44.3. The molecule has 0 aromatic heterocycles. The summed E-state index contributed by atoms with van der Waals surface area (Å²) in [6.07, 6.45) is 0. The van der Waals surface area contributed by atoms with Gasteiger partial charge in [0.05, 0.1) is 22.7 Å². The highest BCUT2D eigenvalue weighted by atomic mass is 19.1. The smallest absolute Gasteiger partial charge is 0.148 e. The molecule has 0 spiro atoms. The fourth-order valence-electron chi connectivity index (χ4n) is 12.4. The van der Waals surface area contributed by atoms with Crippen LogP contribution >= 0.6 is 0 Å². The lowest BCUT2D eigenvalue weighted by Crippen LogP contribution is -2.15. The summed E-state index contributed by atoms with van der Waals surface area (Å²) in [5, 5.41) is 6.13. The molecular weight excluding hydrogens is 931 g/mol. The largest absolute Gasteiger partial charge is 0.307 e. The van der Waals surface area contributed by atoms with Crippen molar-refractivity contribution >= 4 is 66.4 Å². The SMILES string of the molecule is Cc1cccc(C)c1-c1cc(F)c(N(c2ccccc2)c2ccc3ccc4c(N(c5ccccc5)c5c(F)cc(-c6c(C)cccc6C)cc5-c5c(C)cccc5C)ccc5ccc2c3c54)c(-c2c(C)cccc2C)c1. The van der Waals surface area contributed by atoms with Crippen LogP contribution in [-0.2, 0) is 0 Å². The number of rotatable bonds is 10. The lowest BCUT2D eigenvalue weighted by molar-refractivity contribution is 0.629. The van der Waals surface area contributed by atoms with Gasteiger partial charge < -0.3 is 9.80 Å². The Labute approximate surface area is 445 Å². The van der Waals surface area contributed by atoms with Gasteiger partial charge in [-0.1, -0.05) is 146 Å². The van der Waals surface area contributed by atoms with E-state index < -0.39 is 0 Å². The molecule has 0 aliphatic heterocycles. The lowest BCUT2D eigenvalue weighted by Gasteiger charge is -2.32. The average Bonchev–Trinajstić information content (AvgIpc) is 3.56. The van der Waals surface area contributed by atoms with Gasteiger partial charge in [-0.15, -0.1) is 0 Å². The number of aryl methyl sites for hydroxylation is 8. The monoisotopic (exact) mass is 988 g/mol. The van der Waals surface area contributed by atoms with Crippen molar-refractivity contribution in [3.8, 4) is 44.5 Å².